The number of thiazole rings is 1. The first-order valence-corrected chi connectivity index (χ1v) is 7.23. The fourth-order valence-corrected chi connectivity index (χ4v) is 3.65. The molecular formula is C12H18N2OS2. The van der Waals surface area contributed by atoms with Gasteiger partial charge in [0.25, 0.3) is 0 Å². The summed E-state index contributed by atoms with van der Waals surface area (Å²) in [6.45, 7) is 0.496. The van der Waals surface area contributed by atoms with E-state index in [1.165, 1.54) is 37.1 Å². The van der Waals surface area contributed by atoms with Crippen LogP contribution < -0.4 is 5.73 Å². The first-order valence-electron chi connectivity index (χ1n) is 6.00. The average Bonchev–Trinajstić information content (AvgIpc) is 2.75. The molecule has 17 heavy (non-hydrogen) atoms. The molecule has 0 unspecified atom stereocenters. The molecule has 2 rings (SSSR count). The third-order valence-electron chi connectivity index (χ3n) is 3.17. The van der Waals surface area contributed by atoms with Crippen LogP contribution in [0.4, 0.5) is 0 Å². The lowest BCUT2D eigenvalue weighted by Crippen LogP contribution is -2.10. The minimum absolute atomic E-state index is 0.441. The summed E-state index contributed by atoms with van der Waals surface area (Å²) in [7, 11) is 1.67. The average molecular weight is 270 g/mol. The van der Waals surface area contributed by atoms with Gasteiger partial charge in [0.15, 0.2) is 0 Å². The van der Waals surface area contributed by atoms with Crippen LogP contribution in [0.15, 0.2) is 0 Å². The Bertz CT molecular complexity index is 397. The van der Waals surface area contributed by atoms with E-state index in [1.807, 2.05) is 0 Å². The van der Waals surface area contributed by atoms with E-state index in [9.17, 15) is 0 Å². The van der Waals surface area contributed by atoms with Crippen molar-refractivity contribution in [2.45, 2.75) is 44.6 Å². The summed E-state index contributed by atoms with van der Waals surface area (Å²) in [5, 5.41) is 1.19. The molecule has 1 fully saturated rings. The highest BCUT2D eigenvalue weighted by Crippen LogP contribution is 2.36. The summed E-state index contributed by atoms with van der Waals surface area (Å²) in [5.74, 6) is 0.604. The van der Waals surface area contributed by atoms with Crippen LogP contribution in [-0.4, -0.2) is 17.1 Å². The quantitative estimate of drug-likeness (QED) is 0.855. The predicted octanol–water partition coefficient (Wildman–Crippen LogP) is 2.97. The van der Waals surface area contributed by atoms with E-state index in [2.05, 4.69) is 4.98 Å². The molecule has 1 aromatic heterocycles. The Labute approximate surface area is 111 Å². The molecule has 0 spiro atoms. The number of aromatic nitrogens is 1. The van der Waals surface area contributed by atoms with Crippen LogP contribution in [0.2, 0.25) is 0 Å². The van der Waals surface area contributed by atoms with E-state index in [-0.39, 0.29) is 0 Å². The van der Waals surface area contributed by atoms with Gasteiger partial charge in [0.1, 0.15) is 4.99 Å². The molecule has 1 heterocycles. The van der Waals surface area contributed by atoms with Crippen LogP contribution in [0.3, 0.4) is 0 Å². The molecule has 3 nitrogen and oxygen atoms in total. The van der Waals surface area contributed by atoms with Gasteiger partial charge >= 0.3 is 0 Å². The third kappa shape index (κ3) is 3.03. The lowest BCUT2D eigenvalue weighted by Gasteiger charge is -2.18. The number of hydrogen-bond acceptors (Lipinski definition) is 4. The maximum atomic E-state index is 5.73. The van der Waals surface area contributed by atoms with E-state index < -0.39 is 0 Å². The molecule has 1 aromatic rings. The number of thiocarbonyl (C=S) groups is 1. The van der Waals surface area contributed by atoms with Gasteiger partial charge in [-0.3, -0.25) is 0 Å². The molecule has 0 atom stereocenters. The minimum atomic E-state index is 0.441. The lowest BCUT2D eigenvalue weighted by atomic mass is 9.90. The summed E-state index contributed by atoms with van der Waals surface area (Å²) < 4.78 is 5.15. The largest absolute Gasteiger partial charge is 0.389 e. The third-order valence-corrected chi connectivity index (χ3v) is 4.80. The first kappa shape index (κ1) is 12.9. The number of rotatable bonds is 4. The van der Waals surface area contributed by atoms with Gasteiger partial charge in [-0.05, 0) is 12.8 Å². The fourth-order valence-electron chi connectivity index (χ4n) is 2.32. The van der Waals surface area contributed by atoms with Crippen molar-refractivity contribution in [2.75, 3.05) is 7.11 Å². The van der Waals surface area contributed by atoms with Gasteiger partial charge in [-0.2, -0.15) is 0 Å². The normalized spacial score (nSPS) is 17.2. The molecule has 0 aliphatic heterocycles. The smallest absolute Gasteiger partial charge is 0.116 e. The summed E-state index contributed by atoms with van der Waals surface area (Å²) in [4.78, 5) is 6.04. The van der Waals surface area contributed by atoms with E-state index in [1.54, 1.807) is 18.4 Å². The van der Waals surface area contributed by atoms with Crippen molar-refractivity contribution in [2.24, 2.45) is 5.73 Å². The molecule has 0 radical (unpaired) electrons. The van der Waals surface area contributed by atoms with Gasteiger partial charge < -0.3 is 10.5 Å². The number of methoxy groups -OCH3 is 1. The summed E-state index contributed by atoms with van der Waals surface area (Å²) in [5.41, 5.74) is 6.64. The Morgan fingerprint density at radius 2 is 2.18 bits per heavy atom. The van der Waals surface area contributed by atoms with Crippen molar-refractivity contribution in [3.63, 3.8) is 0 Å². The molecule has 1 aliphatic rings. The first-order chi connectivity index (χ1) is 8.22. The Morgan fingerprint density at radius 3 is 2.76 bits per heavy atom. The zero-order chi connectivity index (χ0) is 12.3. The van der Waals surface area contributed by atoms with Crippen molar-refractivity contribution < 1.29 is 4.74 Å². The van der Waals surface area contributed by atoms with E-state index >= 15 is 0 Å². The monoisotopic (exact) mass is 270 g/mol. The SMILES string of the molecule is COCc1nc(C2CCCCC2)sc1C(N)=S. The van der Waals surface area contributed by atoms with Gasteiger partial charge in [0.2, 0.25) is 0 Å². The Kier molecular flexibility index (Phi) is 4.48. The standard InChI is InChI=1S/C12H18N2OS2/c1-15-7-9-10(11(13)16)17-12(14-9)8-5-3-2-4-6-8/h8H,2-7H2,1H3,(H2,13,16). The van der Waals surface area contributed by atoms with Crippen molar-refractivity contribution in [1.29, 1.82) is 0 Å². The Hall–Kier alpha value is -0.520. The highest BCUT2D eigenvalue weighted by molar-refractivity contribution is 7.81. The number of nitrogens with two attached hydrogens (primary N) is 1. The van der Waals surface area contributed by atoms with Crippen LogP contribution in [0.25, 0.3) is 0 Å². The molecule has 0 amide bonds. The van der Waals surface area contributed by atoms with Crippen molar-refractivity contribution in [3.05, 3.63) is 15.6 Å². The fraction of sp³-hybridized carbons (Fsp3) is 0.667. The molecule has 2 N–H and O–H groups in total. The predicted molar refractivity (Wildman–Crippen MR) is 74.5 cm³/mol. The van der Waals surface area contributed by atoms with Crippen LogP contribution in [0, 0.1) is 0 Å². The van der Waals surface area contributed by atoms with E-state index in [0.717, 1.165) is 10.6 Å². The van der Waals surface area contributed by atoms with Crippen LogP contribution >= 0.6 is 23.6 Å². The van der Waals surface area contributed by atoms with Gasteiger partial charge in [0.05, 0.1) is 22.2 Å². The van der Waals surface area contributed by atoms with Gasteiger partial charge in [-0.1, -0.05) is 31.5 Å². The zero-order valence-corrected chi connectivity index (χ0v) is 11.7. The maximum Gasteiger partial charge on any atom is 0.116 e. The van der Waals surface area contributed by atoms with Crippen molar-refractivity contribution in [1.82, 2.24) is 4.98 Å². The van der Waals surface area contributed by atoms with Crippen molar-refractivity contribution in [3.8, 4) is 0 Å². The van der Waals surface area contributed by atoms with Gasteiger partial charge in [0, 0.05) is 13.0 Å². The number of nitrogens with zero attached hydrogens (tertiary/aromatic N) is 1. The lowest BCUT2D eigenvalue weighted by molar-refractivity contribution is 0.181. The highest BCUT2D eigenvalue weighted by atomic mass is 32.1. The van der Waals surface area contributed by atoms with Crippen LogP contribution in [-0.2, 0) is 11.3 Å². The van der Waals surface area contributed by atoms with Gasteiger partial charge in [-0.15, -0.1) is 11.3 Å². The number of ether oxygens (including phenoxy) is 1. The van der Waals surface area contributed by atoms with E-state index in [4.69, 9.17) is 22.7 Å². The number of hydrogen-bond donors (Lipinski definition) is 1. The second-order valence-corrected chi connectivity index (χ2v) is 5.93. The Balaban J connectivity index is 2.22. The molecule has 94 valence electrons. The maximum absolute atomic E-state index is 5.73. The Morgan fingerprint density at radius 1 is 1.47 bits per heavy atom. The van der Waals surface area contributed by atoms with Gasteiger partial charge in [-0.25, -0.2) is 4.98 Å². The molecule has 0 saturated heterocycles. The molecule has 1 aliphatic carbocycles. The molecular weight excluding hydrogens is 252 g/mol. The highest BCUT2D eigenvalue weighted by Gasteiger charge is 2.22. The summed E-state index contributed by atoms with van der Waals surface area (Å²) >= 11 is 6.73. The second kappa shape index (κ2) is 5.89. The molecule has 0 bridgehead atoms. The van der Waals surface area contributed by atoms with E-state index in [0.29, 0.717) is 17.5 Å². The summed E-state index contributed by atoms with van der Waals surface area (Å²) in [6.07, 6.45) is 6.47. The van der Waals surface area contributed by atoms with Crippen LogP contribution in [0.1, 0.15) is 53.6 Å². The molecule has 1 saturated carbocycles. The molecule has 5 heteroatoms. The topological polar surface area (TPSA) is 48.1 Å². The minimum Gasteiger partial charge on any atom is -0.389 e. The molecule has 0 aromatic carbocycles. The second-order valence-electron chi connectivity index (χ2n) is 4.46. The van der Waals surface area contributed by atoms with Crippen LogP contribution in [0.5, 0.6) is 0 Å². The van der Waals surface area contributed by atoms with Crippen molar-refractivity contribution >= 4 is 28.5 Å². The zero-order valence-electron chi connectivity index (χ0n) is 10.1. The summed E-state index contributed by atoms with van der Waals surface area (Å²) in [6, 6.07) is 0.